The third-order valence-corrected chi connectivity index (χ3v) is 3.98. The molecule has 0 aromatic carbocycles. The first-order valence-electron chi connectivity index (χ1n) is 8.65. The molecule has 1 aliphatic rings. The smallest absolute Gasteiger partial charge is 0.351 e. The van der Waals surface area contributed by atoms with E-state index in [-0.39, 0.29) is 30.0 Å². The quantitative estimate of drug-likeness (QED) is 0.285. The summed E-state index contributed by atoms with van der Waals surface area (Å²) in [7, 11) is 1.00. The molecule has 0 aromatic heterocycles. The maximum absolute atomic E-state index is 11.6. The van der Waals surface area contributed by atoms with E-state index >= 15 is 0 Å². The van der Waals surface area contributed by atoms with E-state index in [1.54, 1.807) is 0 Å². The summed E-state index contributed by atoms with van der Waals surface area (Å²) in [6.07, 6.45) is 1.04. The van der Waals surface area contributed by atoms with Crippen LogP contribution in [0.4, 0.5) is 0 Å². The van der Waals surface area contributed by atoms with Crippen LogP contribution in [0.15, 0.2) is 12.3 Å². The van der Waals surface area contributed by atoms with Gasteiger partial charge >= 0.3 is 5.97 Å². The van der Waals surface area contributed by atoms with Gasteiger partial charge in [0.2, 0.25) is 5.91 Å². The van der Waals surface area contributed by atoms with Gasteiger partial charge in [-0.15, -0.1) is 0 Å². The van der Waals surface area contributed by atoms with E-state index in [2.05, 4.69) is 22.5 Å². The number of nitrogens with one attached hydrogen (secondary N) is 3. The van der Waals surface area contributed by atoms with E-state index in [4.69, 9.17) is 14.7 Å². The molecular weight excluding hydrogens is 404 g/mol. The summed E-state index contributed by atoms with van der Waals surface area (Å²) in [6, 6.07) is 0. The third-order valence-electron chi connectivity index (χ3n) is 3.08. The Morgan fingerprint density at radius 1 is 1.17 bits per heavy atom. The van der Waals surface area contributed by atoms with Crippen LogP contribution in [0.3, 0.4) is 0 Å². The lowest BCUT2D eigenvalue weighted by molar-refractivity contribution is -0.192. The number of hydrogen-bond donors (Lipinski definition) is 4. The Balaban J connectivity index is 0. The fraction of sp³-hybridized carbons (Fsp3) is 0.588. The first-order valence-corrected chi connectivity index (χ1v) is 9.64. The molecule has 1 heterocycles. The van der Waals surface area contributed by atoms with E-state index in [9.17, 15) is 19.2 Å². The average Bonchev–Trinajstić information content (AvgIpc) is 3.12. The Kier molecular flexibility index (Phi) is 18.7. The number of thioether (sulfide) groups is 1. The second kappa shape index (κ2) is 18.9. The lowest BCUT2D eigenvalue weighted by Gasteiger charge is -2.14. The molecular formula is C17H30N4O7S. The number of nitrogens with zero attached hydrogens (tertiary/aromatic N) is 1. The van der Waals surface area contributed by atoms with Crippen LogP contribution in [0.2, 0.25) is 0 Å². The van der Waals surface area contributed by atoms with Crippen LogP contribution in [0, 0.1) is 0 Å². The summed E-state index contributed by atoms with van der Waals surface area (Å²) >= 11 is 1.17. The normalized spacial score (nSPS) is 12.0. The first-order chi connectivity index (χ1) is 13.9. The molecule has 0 spiro atoms. The molecule has 11 nitrogen and oxygen atoms in total. The number of hydrogen-bond acceptors (Lipinski definition) is 10. The molecule has 29 heavy (non-hydrogen) atoms. The van der Waals surface area contributed by atoms with Gasteiger partial charge in [0.25, 0.3) is 5.91 Å². The highest BCUT2D eigenvalue weighted by atomic mass is 32.2. The molecule has 2 amide bonds. The van der Waals surface area contributed by atoms with Gasteiger partial charge in [-0.3, -0.25) is 14.4 Å². The first kappa shape index (κ1) is 28.8. The number of aliphatic hydroxyl groups excluding tert-OH is 1. The van der Waals surface area contributed by atoms with Crippen molar-refractivity contribution < 1.29 is 33.9 Å². The van der Waals surface area contributed by atoms with Gasteiger partial charge in [0.1, 0.15) is 13.3 Å². The van der Waals surface area contributed by atoms with Gasteiger partial charge in [0.05, 0.1) is 13.1 Å². The topological polar surface area (TPSA) is 154 Å². The number of carbonyl (C=O) groups excluding carboxylic acids is 5. The van der Waals surface area contributed by atoms with Gasteiger partial charge in [0.15, 0.2) is 5.12 Å². The molecule has 0 bridgehead atoms. The van der Waals surface area contributed by atoms with Crippen molar-refractivity contribution in [2.75, 3.05) is 45.6 Å². The summed E-state index contributed by atoms with van der Waals surface area (Å²) in [5.74, 6) is -0.741. The molecule has 0 aliphatic carbocycles. The summed E-state index contributed by atoms with van der Waals surface area (Å²) in [4.78, 5) is 58.0. The van der Waals surface area contributed by atoms with E-state index < -0.39 is 5.97 Å². The largest absolute Gasteiger partial charge is 0.400 e. The molecule has 166 valence electrons. The molecule has 1 rings (SSSR count). The number of rotatable bonds is 11. The van der Waals surface area contributed by atoms with Gasteiger partial charge in [-0.2, -0.15) is 5.06 Å². The minimum absolute atomic E-state index is 0.0328. The molecule has 1 aliphatic heterocycles. The maximum atomic E-state index is 11.6. The number of amides is 2. The average molecular weight is 435 g/mol. The molecule has 1 saturated heterocycles. The van der Waals surface area contributed by atoms with E-state index in [1.807, 2.05) is 6.79 Å². The Morgan fingerprint density at radius 3 is 2.38 bits per heavy atom. The van der Waals surface area contributed by atoms with Gasteiger partial charge < -0.3 is 30.7 Å². The minimum atomic E-state index is -0.676. The highest BCUT2D eigenvalue weighted by Crippen LogP contribution is 2.09. The summed E-state index contributed by atoms with van der Waals surface area (Å²) in [5, 5.41) is 16.4. The van der Waals surface area contributed by atoms with Gasteiger partial charge in [0, 0.05) is 45.0 Å². The van der Waals surface area contributed by atoms with Crippen molar-refractivity contribution in [2.45, 2.75) is 19.8 Å². The van der Waals surface area contributed by atoms with Crippen molar-refractivity contribution in [1.29, 1.82) is 0 Å². The Labute approximate surface area is 174 Å². The maximum Gasteiger partial charge on any atom is 0.351 e. The van der Waals surface area contributed by atoms with Gasteiger partial charge in [-0.25, -0.2) is 4.79 Å². The molecule has 0 radical (unpaired) electrons. The van der Waals surface area contributed by atoms with Gasteiger partial charge in [-0.05, 0) is 6.42 Å². The second-order valence-electron chi connectivity index (χ2n) is 5.33. The predicted molar refractivity (Wildman–Crippen MR) is 108 cm³/mol. The number of hydroxylamine groups is 2. The molecule has 12 heteroatoms. The molecule has 0 unspecified atom stereocenters. The Bertz CT molecular complexity index is 546. The number of carbonyl (C=O) groups is 5. The fourth-order valence-electron chi connectivity index (χ4n) is 1.88. The van der Waals surface area contributed by atoms with E-state index in [0.29, 0.717) is 38.2 Å². The fourth-order valence-corrected chi connectivity index (χ4v) is 2.36. The molecule has 1 fully saturated rings. The van der Waals surface area contributed by atoms with Crippen LogP contribution in [0.5, 0.6) is 0 Å². The van der Waals surface area contributed by atoms with E-state index in [1.165, 1.54) is 18.7 Å². The number of aliphatic hydroxyl groups is 1. The molecule has 0 aromatic rings. The monoisotopic (exact) mass is 434 g/mol. The van der Waals surface area contributed by atoms with Crippen LogP contribution >= 0.6 is 11.8 Å². The summed E-state index contributed by atoms with van der Waals surface area (Å²) < 4.78 is 0. The lowest BCUT2D eigenvalue weighted by atomic mass is 10.4. The Morgan fingerprint density at radius 2 is 1.83 bits per heavy atom. The zero-order chi connectivity index (χ0) is 22.7. The van der Waals surface area contributed by atoms with Crippen LogP contribution < -0.4 is 16.0 Å². The van der Waals surface area contributed by atoms with Crippen LogP contribution in [-0.2, 0) is 28.8 Å². The van der Waals surface area contributed by atoms with Crippen LogP contribution in [0.1, 0.15) is 19.8 Å². The highest BCUT2D eigenvalue weighted by Gasteiger charge is 2.24. The molecule has 0 atom stereocenters. The van der Waals surface area contributed by atoms with Crippen LogP contribution in [-0.4, -0.2) is 85.4 Å². The van der Waals surface area contributed by atoms with Crippen molar-refractivity contribution in [3.8, 4) is 0 Å². The summed E-state index contributed by atoms with van der Waals surface area (Å²) in [5.41, 5.74) is 0.741. The van der Waals surface area contributed by atoms with E-state index in [0.717, 1.165) is 17.9 Å². The summed E-state index contributed by atoms with van der Waals surface area (Å²) in [6.45, 7) is 8.51. The van der Waals surface area contributed by atoms with Crippen molar-refractivity contribution >= 4 is 41.4 Å². The highest BCUT2D eigenvalue weighted by molar-refractivity contribution is 8.13. The van der Waals surface area contributed by atoms with Crippen molar-refractivity contribution in [2.24, 2.45) is 0 Å². The SMILES string of the molecule is C=C(CSC(C)=O)NCCNCC(=O)NCC(=O)ON1CCCC1=O.C=O.CO. The minimum Gasteiger partial charge on any atom is -0.400 e. The standard InChI is InChI=1S/C15H24N4O5S.CH4O.CH2O/c1-11(10-25-12(2)20)17-6-5-16-8-13(21)18-9-15(23)24-19-7-3-4-14(19)22;2*1-2/h16-17H,1,3-10H2,2H3,(H,18,21);2H,1H3;1H2. The van der Waals surface area contributed by atoms with Crippen molar-refractivity contribution in [1.82, 2.24) is 21.0 Å². The van der Waals surface area contributed by atoms with Crippen molar-refractivity contribution in [3.05, 3.63) is 12.3 Å². The zero-order valence-corrected chi connectivity index (χ0v) is 17.6. The lowest BCUT2D eigenvalue weighted by Crippen LogP contribution is -2.40. The zero-order valence-electron chi connectivity index (χ0n) is 16.8. The Hall–Kier alpha value is -2.44. The molecule has 0 saturated carbocycles. The van der Waals surface area contributed by atoms with Crippen molar-refractivity contribution in [3.63, 3.8) is 0 Å². The molecule has 4 N–H and O–H groups in total. The predicted octanol–water partition coefficient (Wildman–Crippen LogP) is -1.42. The second-order valence-corrected chi connectivity index (χ2v) is 6.48. The van der Waals surface area contributed by atoms with Crippen LogP contribution in [0.25, 0.3) is 0 Å². The van der Waals surface area contributed by atoms with Gasteiger partial charge in [-0.1, -0.05) is 18.3 Å². The third kappa shape index (κ3) is 16.2.